The number of ether oxygens (including phenoxy) is 1. The third-order valence-corrected chi connectivity index (χ3v) is 3.09. The summed E-state index contributed by atoms with van der Waals surface area (Å²) in [6.07, 6.45) is 0. The Morgan fingerprint density at radius 2 is 1.89 bits per heavy atom. The molecule has 0 spiro atoms. The highest BCUT2D eigenvalue weighted by Gasteiger charge is 2.12. The Labute approximate surface area is 117 Å². The molecule has 0 bridgehead atoms. The van der Waals surface area contributed by atoms with Crippen LogP contribution in [-0.2, 0) is 0 Å². The molecule has 0 N–H and O–H groups in total. The molecule has 0 saturated heterocycles. The minimum Gasteiger partial charge on any atom is -0.453 e. The highest BCUT2D eigenvalue weighted by molar-refractivity contribution is 9.10. The normalized spacial score (nSPS) is 10.3. The van der Waals surface area contributed by atoms with Gasteiger partial charge in [0.15, 0.2) is 17.3 Å². The quantitative estimate of drug-likeness (QED) is 0.763. The van der Waals surface area contributed by atoms with Gasteiger partial charge in [0.25, 0.3) is 0 Å². The molecule has 2 aromatic carbocycles. The summed E-state index contributed by atoms with van der Waals surface area (Å²) in [7, 11) is 0. The number of carbonyl (C=O) groups excluding carboxylic acids is 1. The summed E-state index contributed by atoms with van der Waals surface area (Å²) in [5.74, 6) is -2.03. The van der Waals surface area contributed by atoms with Crippen molar-refractivity contribution in [1.82, 2.24) is 0 Å². The summed E-state index contributed by atoms with van der Waals surface area (Å²) in [5, 5.41) is 0. The second kappa shape index (κ2) is 5.48. The Morgan fingerprint density at radius 1 is 1.16 bits per heavy atom. The molecule has 98 valence electrons. The van der Waals surface area contributed by atoms with Crippen LogP contribution in [0.4, 0.5) is 8.78 Å². The summed E-state index contributed by atoms with van der Waals surface area (Å²) < 4.78 is 32.3. The van der Waals surface area contributed by atoms with Crippen molar-refractivity contribution < 1.29 is 18.3 Å². The van der Waals surface area contributed by atoms with E-state index in [2.05, 4.69) is 15.9 Å². The molecule has 0 fully saturated rings. The van der Waals surface area contributed by atoms with Gasteiger partial charge in [-0.3, -0.25) is 4.79 Å². The highest BCUT2D eigenvalue weighted by Crippen LogP contribution is 2.32. The molecule has 0 amide bonds. The van der Waals surface area contributed by atoms with Gasteiger partial charge in [0.2, 0.25) is 5.82 Å². The van der Waals surface area contributed by atoms with Crippen molar-refractivity contribution in [2.45, 2.75) is 6.92 Å². The SMILES string of the molecule is CC(=O)c1ccc(Oc2cccc(F)c2F)c(Br)c1. The van der Waals surface area contributed by atoms with Crippen LogP contribution in [0.3, 0.4) is 0 Å². The summed E-state index contributed by atoms with van der Waals surface area (Å²) in [6.45, 7) is 1.44. The minimum atomic E-state index is -1.05. The highest BCUT2D eigenvalue weighted by atomic mass is 79.9. The first-order valence-corrected chi connectivity index (χ1v) is 6.20. The van der Waals surface area contributed by atoms with E-state index in [0.717, 1.165) is 6.07 Å². The van der Waals surface area contributed by atoms with Crippen molar-refractivity contribution in [2.24, 2.45) is 0 Å². The van der Waals surface area contributed by atoms with Crippen LogP contribution in [0.25, 0.3) is 0 Å². The molecular weight excluding hydrogens is 318 g/mol. The van der Waals surface area contributed by atoms with E-state index in [-0.39, 0.29) is 11.5 Å². The van der Waals surface area contributed by atoms with Crippen molar-refractivity contribution in [3.63, 3.8) is 0 Å². The number of Topliss-reactive ketones (excluding diaryl/α,β-unsaturated/α-hetero) is 1. The molecule has 0 saturated carbocycles. The summed E-state index contributed by atoms with van der Waals surface area (Å²) in [5.41, 5.74) is 0.499. The Hall–Kier alpha value is -1.75. The minimum absolute atomic E-state index is 0.0933. The zero-order chi connectivity index (χ0) is 14.0. The zero-order valence-corrected chi connectivity index (χ0v) is 11.5. The van der Waals surface area contributed by atoms with Crippen LogP contribution >= 0.6 is 15.9 Å². The molecule has 0 aromatic heterocycles. The molecule has 0 aliphatic carbocycles. The number of hydrogen-bond donors (Lipinski definition) is 0. The van der Waals surface area contributed by atoms with Gasteiger partial charge in [0.1, 0.15) is 5.75 Å². The number of hydrogen-bond acceptors (Lipinski definition) is 2. The van der Waals surface area contributed by atoms with Crippen molar-refractivity contribution in [3.8, 4) is 11.5 Å². The van der Waals surface area contributed by atoms with E-state index in [9.17, 15) is 13.6 Å². The van der Waals surface area contributed by atoms with E-state index in [0.29, 0.717) is 15.8 Å². The van der Waals surface area contributed by atoms with Crippen molar-refractivity contribution in [2.75, 3.05) is 0 Å². The van der Waals surface area contributed by atoms with Gasteiger partial charge in [-0.1, -0.05) is 6.07 Å². The number of carbonyl (C=O) groups is 1. The molecule has 0 unspecified atom stereocenters. The van der Waals surface area contributed by atoms with E-state index < -0.39 is 11.6 Å². The van der Waals surface area contributed by atoms with Crippen LogP contribution in [0.2, 0.25) is 0 Å². The van der Waals surface area contributed by atoms with Crippen LogP contribution in [0.15, 0.2) is 40.9 Å². The first kappa shape index (κ1) is 13.7. The van der Waals surface area contributed by atoms with Gasteiger partial charge in [0.05, 0.1) is 4.47 Å². The fraction of sp³-hybridized carbons (Fsp3) is 0.0714. The molecule has 0 aliphatic rings. The lowest BCUT2D eigenvalue weighted by molar-refractivity contribution is 0.101. The predicted molar refractivity (Wildman–Crippen MR) is 70.6 cm³/mol. The van der Waals surface area contributed by atoms with E-state index in [4.69, 9.17) is 4.74 Å². The number of ketones is 1. The molecule has 2 rings (SSSR count). The van der Waals surface area contributed by atoms with Crippen molar-refractivity contribution in [1.29, 1.82) is 0 Å². The van der Waals surface area contributed by atoms with Gasteiger partial charge in [-0.2, -0.15) is 4.39 Å². The summed E-state index contributed by atoms with van der Waals surface area (Å²) >= 11 is 3.22. The molecule has 2 nitrogen and oxygen atoms in total. The van der Waals surface area contributed by atoms with E-state index >= 15 is 0 Å². The Balaban J connectivity index is 2.34. The molecule has 0 radical (unpaired) electrons. The molecule has 19 heavy (non-hydrogen) atoms. The van der Waals surface area contributed by atoms with Crippen molar-refractivity contribution >= 4 is 21.7 Å². The molecule has 0 aliphatic heterocycles. The largest absolute Gasteiger partial charge is 0.453 e. The Kier molecular flexibility index (Phi) is 3.95. The van der Waals surface area contributed by atoms with Gasteiger partial charge in [-0.05, 0) is 53.2 Å². The average molecular weight is 327 g/mol. The lowest BCUT2D eigenvalue weighted by atomic mass is 10.1. The molecule has 2 aromatic rings. The third kappa shape index (κ3) is 2.98. The second-order valence-electron chi connectivity index (χ2n) is 3.86. The number of halogens is 3. The fourth-order valence-electron chi connectivity index (χ4n) is 1.48. The van der Waals surface area contributed by atoms with Crippen LogP contribution in [0, 0.1) is 11.6 Å². The standard InChI is InChI=1S/C14H9BrF2O2/c1-8(18)9-5-6-12(10(15)7-9)19-13-4-2-3-11(16)14(13)17/h2-7H,1H3. The van der Waals surface area contributed by atoms with Crippen LogP contribution in [0.5, 0.6) is 11.5 Å². The van der Waals surface area contributed by atoms with E-state index in [1.807, 2.05) is 0 Å². The maximum Gasteiger partial charge on any atom is 0.201 e. The van der Waals surface area contributed by atoms with Gasteiger partial charge in [0, 0.05) is 5.56 Å². The van der Waals surface area contributed by atoms with Gasteiger partial charge >= 0.3 is 0 Å². The third-order valence-electron chi connectivity index (χ3n) is 2.47. The maximum absolute atomic E-state index is 13.5. The topological polar surface area (TPSA) is 26.3 Å². The van der Waals surface area contributed by atoms with Crippen molar-refractivity contribution in [3.05, 3.63) is 58.1 Å². The summed E-state index contributed by atoms with van der Waals surface area (Å²) in [6, 6.07) is 8.32. The molecular formula is C14H9BrF2O2. The lowest BCUT2D eigenvalue weighted by Gasteiger charge is -2.09. The van der Waals surface area contributed by atoms with Gasteiger partial charge in [-0.15, -0.1) is 0 Å². The average Bonchev–Trinajstić information content (AvgIpc) is 2.37. The maximum atomic E-state index is 13.5. The van der Waals surface area contributed by atoms with Crippen LogP contribution < -0.4 is 4.74 Å². The monoisotopic (exact) mass is 326 g/mol. The predicted octanol–water partition coefficient (Wildman–Crippen LogP) is 4.72. The second-order valence-corrected chi connectivity index (χ2v) is 4.71. The smallest absolute Gasteiger partial charge is 0.201 e. The Bertz CT molecular complexity index is 641. The van der Waals surface area contributed by atoms with Crippen LogP contribution in [0.1, 0.15) is 17.3 Å². The van der Waals surface area contributed by atoms with Crippen LogP contribution in [-0.4, -0.2) is 5.78 Å². The lowest BCUT2D eigenvalue weighted by Crippen LogP contribution is -1.95. The van der Waals surface area contributed by atoms with Gasteiger partial charge in [-0.25, -0.2) is 4.39 Å². The van der Waals surface area contributed by atoms with E-state index in [1.54, 1.807) is 12.1 Å². The fourth-order valence-corrected chi connectivity index (χ4v) is 1.94. The summed E-state index contributed by atoms with van der Waals surface area (Å²) in [4.78, 5) is 11.2. The number of benzene rings is 2. The van der Waals surface area contributed by atoms with E-state index in [1.165, 1.54) is 25.1 Å². The first-order valence-electron chi connectivity index (χ1n) is 5.41. The zero-order valence-electron chi connectivity index (χ0n) is 9.91. The first-order chi connectivity index (χ1) is 8.99. The Morgan fingerprint density at radius 3 is 2.53 bits per heavy atom. The molecule has 0 atom stereocenters. The number of rotatable bonds is 3. The molecule has 0 heterocycles. The molecule has 5 heteroatoms. The van der Waals surface area contributed by atoms with Gasteiger partial charge < -0.3 is 4.74 Å².